The van der Waals surface area contributed by atoms with Crippen molar-refractivity contribution < 1.29 is 23.5 Å². The summed E-state index contributed by atoms with van der Waals surface area (Å²) in [5.74, 6) is -2.33. The monoisotopic (exact) mass is 421 g/mol. The van der Waals surface area contributed by atoms with Crippen LogP contribution in [0.5, 0.6) is 0 Å². The van der Waals surface area contributed by atoms with E-state index < -0.39 is 36.1 Å². The van der Waals surface area contributed by atoms with Crippen LogP contribution in [0.15, 0.2) is 36.4 Å². The first kappa shape index (κ1) is 20.8. The smallest absolute Gasteiger partial charge is 0.242 e. The van der Waals surface area contributed by atoms with Crippen molar-refractivity contribution in [2.45, 2.75) is 18.9 Å². The van der Waals surface area contributed by atoms with E-state index in [4.69, 9.17) is 22.4 Å². The van der Waals surface area contributed by atoms with Crippen LogP contribution in [0.25, 0.3) is 22.2 Å². The predicted octanol–water partition coefficient (Wildman–Crippen LogP) is 2.66. The largest absolute Gasteiger partial charge is 0.394 e. The Morgan fingerprint density at radius 2 is 1.90 bits per heavy atom. The van der Waals surface area contributed by atoms with E-state index in [1.807, 2.05) is 0 Å². The van der Waals surface area contributed by atoms with Gasteiger partial charge in [0.1, 0.15) is 17.7 Å². The number of halogens is 3. The number of benzene rings is 2. The fourth-order valence-electron chi connectivity index (χ4n) is 3.11. The van der Waals surface area contributed by atoms with E-state index in [2.05, 4.69) is 10.3 Å². The first-order valence-electron chi connectivity index (χ1n) is 8.75. The number of aromatic amines is 1. The number of hydrogen-bond donors (Lipinski definition) is 4. The minimum absolute atomic E-state index is 0.0565. The summed E-state index contributed by atoms with van der Waals surface area (Å²) < 4.78 is 27.7. The maximum Gasteiger partial charge on any atom is 0.242 e. The van der Waals surface area contributed by atoms with Crippen LogP contribution in [0, 0.1) is 11.6 Å². The molecule has 2 amide bonds. The van der Waals surface area contributed by atoms with E-state index in [9.17, 15) is 18.4 Å². The van der Waals surface area contributed by atoms with E-state index in [-0.39, 0.29) is 23.4 Å². The van der Waals surface area contributed by atoms with Gasteiger partial charge in [0.25, 0.3) is 0 Å². The summed E-state index contributed by atoms with van der Waals surface area (Å²) in [6, 6.07) is 7.20. The Kier molecular flexibility index (Phi) is 6.14. The molecule has 0 radical (unpaired) electrons. The van der Waals surface area contributed by atoms with Gasteiger partial charge in [-0.15, -0.1) is 0 Å². The van der Waals surface area contributed by atoms with Gasteiger partial charge in [-0.3, -0.25) is 9.59 Å². The van der Waals surface area contributed by atoms with Crippen molar-refractivity contribution in [1.82, 2.24) is 10.3 Å². The minimum Gasteiger partial charge on any atom is -0.394 e. The summed E-state index contributed by atoms with van der Waals surface area (Å²) in [5.41, 5.74) is 7.07. The average Bonchev–Trinajstić information content (AvgIpc) is 3.03. The van der Waals surface area contributed by atoms with Gasteiger partial charge < -0.3 is 21.1 Å². The first-order chi connectivity index (χ1) is 13.8. The SMILES string of the molecule is NC(=O)[C@H](CO)NC(=O)CCc1c(-c2ccc(F)cc2)[nH]c2c(F)cc(Cl)cc12. The van der Waals surface area contributed by atoms with Crippen molar-refractivity contribution in [3.63, 3.8) is 0 Å². The van der Waals surface area contributed by atoms with Crippen molar-refractivity contribution in [3.8, 4) is 11.3 Å². The average molecular weight is 422 g/mol. The molecule has 1 atom stereocenters. The maximum atomic E-state index is 14.4. The molecule has 0 unspecified atom stereocenters. The third kappa shape index (κ3) is 4.55. The van der Waals surface area contributed by atoms with Gasteiger partial charge in [0.15, 0.2) is 0 Å². The van der Waals surface area contributed by atoms with Gasteiger partial charge >= 0.3 is 0 Å². The molecular formula is C20H18ClF2N3O3. The van der Waals surface area contributed by atoms with Crippen molar-refractivity contribution in [2.24, 2.45) is 5.73 Å². The van der Waals surface area contributed by atoms with E-state index in [1.54, 1.807) is 6.07 Å². The summed E-state index contributed by atoms with van der Waals surface area (Å²) in [6.07, 6.45) is 0.119. The van der Waals surface area contributed by atoms with Crippen LogP contribution in [0.4, 0.5) is 8.78 Å². The molecule has 3 aromatic rings. The molecule has 3 rings (SSSR count). The Hall–Kier alpha value is -2.97. The van der Waals surface area contributed by atoms with Gasteiger partial charge in [0.05, 0.1) is 12.1 Å². The lowest BCUT2D eigenvalue weighted by molar-refractivity contribution is -0.128. The molecule has 0 saturated carbocycles. The fourth-order valence-corrected chi connectivity index (χ4v) is 3.31. The Morgan fingerprint density at radius 3 is 2.52 bits per heavy atom. The first-order valence-corrected chi connectivity index (χ1v) is 9.13. The minimum atomic E-state index is -1.19. The fraction of sp³-hybridized carbons (Fsp3) is 0.200. The lowest BCUT2D eigenvalue weighted by Crippen LogP contribution is -2.46. The molecule has 9 heteroatoms. The number of nitrogens with two attached hydrogens (primary N) is 1. The zero-order valence-electron chi connectivity index (χ0n) is 15.1. The second-order valence-electron chi connectivity index (χ2n) is 6.50. The molecule has 0 aliphatic rings. The van der Waals surface area contributed by atoms with E-state index in [1.165, 1.54) is 30.3 Å². The number of aliphatic hydroxyl groups excluding tert-OH is 1. The van der Waals surface area contributed by atoms with Gasteiger partial charge in [-0.25, -0.2) is 8.78 Å². The van der Waals surface area contributed by atoms with Crippen LogP contribution < -0.4 is 11.1 Å². The number of amides is 2. The Morgan fingerprint density at radius 1 is 1.21 bits per heavy atom. The molecule has 1 aromatic heterocycles. The molecule has 0 spiro atoms. The Labute approximate surface area is 169 Å². The lowest BCUT2D eigenvalue weighted by Gasteiger charge is -2.12. The third-order valence-electron chi connectivity index (χ3n) is 4.53. The van der Waals surface area contributed by atoms with Crippen LogP contribution in [0.3, 0.4) is 0 Å². The second kappa shape index (κ2) is 8.59. The normalized spacial score (nSPS) is 12.1. The lowest BCUT2D eigenvalue weighted by atomic mass is 10.0. The third-order valence-corrected chi connectivity index (χ3v) is 4.75. The zero-order chi connectivity index (χ0) is 21.1. The van der Waals surface area contributed by atoms with Crippen LogP contribution in [0.2, 0.25) is 5.02 Å². The van der Waals surface area contributed by atoms with Gasteiger partial charge in [0, 0.05) is 22.5 Å². The number of carbonyl (C=O) groups is 2. The molecule has 0 bridgehead atoms. The molecule has 1 heterocycles. The summed E-state index contributed by atoms with van der Waals surface area (Å²) in [4.78, 5) is 26.3. The quantitative estimate of drug-likeness (QED) is 0.471. The second-order valence-corrected chi connectivity index (χ2v) is 6.94. The molecule has 5 N–H and O–H groups in total. The molecule has 29 heavy (non-hydrogen) atoms. The summed E-state index contributed by atoms with van der Waals surface area (Å²) in [6.45, 7) is -0.615. The highest BCUT2D eigenvalue weighted by atomic mass is 35.5. The number of aromatic nitrogens is 1. The highest BCUT2D eigenvalue weighted by molar-refractivity contribution is 6.31. The number of aliphatic hydroxyl groups is 1. The standard InChI is InChI=1S/C20H18ClF2N3O3/c21-11-7-14-13(5-6-17(28)25-16(9-27)20(24)29)18(26-19(14)15(23)8-11)10-1-3-12(22)4-2-10/h1-4,7-8,16,26-27H,5-6,9H2,(H2,24,29)(H,25,28)/t16-/m0/s1. The summed E-state index contributed by atoms with van der Waals surface area (Å²) >= 11 is 6.00. The highest BCUT2D eigenvalue weighted by Crippen LogP contribution is 2.34. The van der Waals surface area contributed by atoms with Crippen molar-refractivity contribution in [3.05, 3.63) is 58.6 Å². The molecule has 2 aromatic carbocycles. The number of primary amides is 1. The Balaban J connectivity index is 1.96. The molecule has 152 valence electrons. The number of carbonyl (C=O) groups excluding carboxylic acids is 2. The molecule has 0 saturated heterocycles. The number of H-pyrrole nitrogens is 1. The van der Waals surface area contributed by atoms with Gasteiger partial charge in [-0.1, -0.05) is 11.6 Å². The van der Waals surface area contributed by atoms with Crippen LogP contribution in [0.1, 0.15) is 12.0 Å². The summed E-state index contributed by atoms with van der Waals surface area (Å²) in [7, 11) is 0. The van der Waals surface area contributed by atoms with Crippen LogP contribution >= 0.6 is 11.6 Å². The van der Waals surface area contributed by atoms with Gasteiger partial charge in [-0.05, 0) is 53.9 Å². The number of nitrogens with one attached hydrogen (secondary N) is 2. The van der Waals surface area contributed by atoms with Gasteiger partial charge in [0.2, 0.25) is 11.8 Å². The number of rotatable bonds is 7. The topological polar surface area (TPSA) is 108 Å². The molecule has 0 fully saturated rings. The Bertz CT molecular complexity index is 1070. The zero-order valence-corrected chi connectivity index (χ0v) is 15.9. The van der Waals surface area contributed by atoms with Crippen LogP contribution in [-0.4, -0.2) is 34.6 Å². The molecule has 0 aliphatic heterocycles. The van der Waals surface area contributed by atoms with E-state index >= 15 is 0 Å². The molecule has 0 aliphatic carbocycles. The maximum absolute atomic E-state index is 14.4. The summed E-state index contributed by atoms with van der Waals surface area (Å²) in [5, 5.41) is 12.1. The van der Waals surface area contributed by atoms with Crippen LogP contribution in [-0.2, 0) is 16.0 Å². The van der Waals surface area contributed by atoms with Crippen molar-refractivity contribution in [2.75, 3.05) is 6.61 Å². The molecule has 6 nitrogen and oxygen atoms in total. The molecular weight excluding hydrogens is 404 g/mol. The van der Waals surface area contributed by atoms with E-state index in [0.717, 1.165) is 0 Å². The number of hydrogen-bond acceptors (Lipinski definition) is 3. The van der Waals surface area contributed by atoms with Gasteiger partial charge in [-0.2, -0.15) is 0 Å². The highest BCUT2D eigenvalue weighted by Gasteiger charge is 2.20. The number of fused-ring (bicyclic) bond motifs is 1. The number of aryl methyl sites for hydroxylation is 1. The predicted molar refractivity (Wildman–Crippen MR) is 105 cm³/mol. The van der Waals surface area contributed by atoms with Crippen molar-refractivity contribution in [1.29, 1.82) is 0 Å². The van der Waals surface area contributed by atoms with E-state index in [0.29, 0.717) is 22.2 Å². The van der Waals surface area contributed by atoms with Crippen molar-refractivity contribution >= 4 is 34.3 Å².